The van der Waals surface area contributed by atoms with Crippen LogP contribution in [0.3, 0.4) is 0 Å². The Kier molecular flexibility index (Phi) is 3.35. The summed E-state index contributed by atoms with van der Waals surface area (Å²) in [5.74, 6) is 0.930. The fraction of sp³-hybridized carbons (Fsp3) is 0.533. The number of hydrogen-bond acceptors (Lipinski definition) is 4. The molecule has 1 aliphatic rings. The molecule has 1 aromatic heterocycles. The normalized spacial score (nSPS) is 17.2. The first-order valence-electron chi connectivity index (χ1n) is 7.06. The Labute approximate surface area is 118 Å². The molecule has 102 valence electrons. The molecule has 1 aromatic carbocycles. The van der Waals surface area contributed by atoms with Crippen LogP contribution in [0.1, 0.15) is 39.5 Å². The Balaban J connectivity index is 1.84. The predicted octanol–water partition coefficient (Wildman–Crippen LogP) is 4.44. The van der Waals surface area contributed by atoms with E-state index in [9.17, 15) is 0 Å². The Morgan fingerprint density at radius 3 is 2.84 bits per heavy atom. The van der Waals surface area contributed by atoms with Crippen molar-refractivity contribution in [1.29, 1.82) is 0 Å². The van der Waals surface area contributed by atoms with Gasteiger partial charge in [0.2, 0.25) is 0 Å². The van der Waals surface area contributed by atoms with Gasteiger partial charge in [0, 0.05) is 5.54 Å². The summed E-state index contributed by atoms with van der Waals surface area (Å²) in [7, 11) is 0. The van der Waals surface area contributed by atoms with Crippen molar-refractivity contribution >= 4 is 26.7 Å². The summed E-state index contributed by atoms with van der Waals surface area (Å²) in [6, 6.07) is 6.12. The molecule has 0 aliphatic heterocycles. The van der Waals surface area contributed by atoms with Gasteiger partial charge in [-0.2, -0.15) is 0 Å². The number of fused-ring (bicyclic) bond motifs is 1. The highest BCUT2D eigenvalue weighted by atomic mass is 32.1. The van der Waals surface area contributed by atoms with Crippen molar-refractivity contribution in [2.45, 2.75) is 45.1 Å². The van der Waals surface area contributed by atoms with E-state index in [1.807, 2.05) is 19.1 Å². The second kappa shape index (κ2) is 5.00. The fourth-order valence-corrected chi connectivity index (χ4v) is 3.63. The van der Waals surface area contributed by atoms with Gasteiger partial charge < -0.3 is 10.1 Å². The van der Waals surface area contributed by atoms with Gasteiger partial charge in [0.15, 0.2) is 5.13 Å². The topological polar surface area (TPSA) is 34.1 Å². The van der Waals surface area contributed by atoms with Crippen LogP contribution in [-0.4, -0.2) is 17.1 Å². The van der Waals surface area contributed by atoms with Gasteiger partial charge in [-0.25, -0.2) is 4.98 Å². The third-order valence-electron chi connectivity index (χ3n) is 4.03. The van der Waals surface area contributed by atoms with E-state index in [4.69, 9.17) is 4.74 Å². The molecular formula is C15H20N2OS. The highest BCUT2D eigenvalue weighted by molar-refractivity contribution is 7.22. The highest BCUT2D eigenvalue weighted by Crippen LogP contribution is 2.40. The molecule has 0 spiro atoms. The minimum absolute atomic E-state index is 0.302. The molecule has 0 saturated heterocycles. The summed E-state index contributed by atoms with van der Waals surface area (Å²) in [6.07, 6.45) is 5.04. The van der Waals surface area contributed by atoms with Crippen molar-refractivity contribution in [3.05, 3.63) is 18.2 Å². The summed E-state index contributed by atoms with van der Waals surface area (Å²) in [5.41, 5.74) is 1.36. The van der Waals surface area contributed by atoms with Crippen molar-refractivity contribution in [1.82, 2.24) is 4.98 Å². The van der Waals surface area contributed by atoms with Crippen LogP contribution in [0.5, 0.6) is 5.75 Å². The molecule has 1 aliphatic carbocycles. The highest BCUT2D eigenvalue weighted by Gasteiger charge is 2.35. The largest absolute Gasteiger partial charge is 0.494 e. The summed E-state index contributed by atoms with van der Waals surface area (Å²) < 4.78 is 6.73. The Morgan fingerprint density at radius 1 is 1.37 bits per heavy atom. The van der Waals surface area contributed by atoms with E-state index in [1.54, 1.807) is 11.3 Å². The van der Waals surface area contributed by atoms with Crippen LogP contribution in [0.15, 0.2) is 18.2 Å². The molecule has 0 bridgehead atoms. The Morgan fingerprint density at radius 2 is 2.21 bits per heavy atom. The zero-order valence-electron chi connectivity index (χ0n) is 11.5. The lowest BCUT2D eigenvalue weighted by atomic mass is 9.75. The third-order valence-corrected chi connectivity index (χ3v) is 4.96. The number of benzene rings is 1. The average Bonchev–Trinajstić information content (AvgIpc) is 2.76. The molecule has 0 atom stereocenters. The predicted molar refractivity (Wildman–Crippen MR) is 81.3 cm³/mol. The van der Waals surface area contributed by atoms with Crippen LogP contribution < -0.4 is 10.1 Å². The first kappa shape index (κ1) is 12.7. The first-order chi connectivity index (χ1) is 9.24. The number of nitrogens with one attached hydrogen (secondary N) is 1. The molecule has 1 fully saturated rings. The molecular weight excluding hydrogens is 256 g/mol. The number of ether oxygens (including phenoxy) is 1. The Bertz CT molecular complexity index is 569. The molecule has 0 amide bonds. The molecule has 2 aromatic rings. The van der Waals surface area contributed by atoms with Gasteiger partial charge in [-0.15, -0.1) is 0 Å². The summed E-state index contributed by atoms with van der Waals surface area (Å²) in [6.45, 7) is 4.96. The molecule has 1 saturated carbocycles. The fourth-order valence-electron chi connectivity index (χ4n) is 2.61. The minimum atomic E-state index is 0.302. The average molecular weight is 276 g/mol. The number of rotatable bonds is 5. The standard InChI is InChI=1S/C15H20N2OS/c1-3-15(8-5-9-15)17-14-16-12-7-6-11(18-4-2)10-13(12)19-14/h6-7,10H,3-5,8-9H2,1-2H3,(H,16,17). The summed E-state index contributed by atoms with van der Waals surface area (Å²) >= 11 is 1.73. The number of aromatic nitrogens is 1. The van der Waals surface area contributed by atoms with Crippen molar-refractivity contribution in [3.8, 4) is 5.75 Å². The van der Waals surface area contributed by atoms with Crippen LogP contribution in [0.25, 0.3) is 10.2 Å². The van der Waals surface area contributed by atoms with Crippen molar-refractivity contribution < 1.29 is 4.74 Å². The molecule has 1 N–H and O–H groups in total. The zero-order chi connectivity index (χ0) is 13.3. The second-order valence-electron chi connectivity index (χ2n) is 5.19. The maximum Gasteiger partial charge on any atom is 0.184 e. The SMILES string of the molecule is CCOc1ccc2nc(NC3(CC)CCC3)sc2c1. The van der Waals surface area contributed by atoms with E-state index in [0.717, 1.165) is 16.4 Å². The van der Waals surface area contributed by atoms with Gasteiger partial charge in [0.1, 0.15) is 5.75 Å². The lowest BCUT2D eigenvalue weighted by Gasteiger charge is -2.41. The first-order valence-corrected chi connectivity index (χ1v) is 7.88. The van der Waals surface area contributed by atoms with Gasteiger partial charge in [-0.3, -0.25) is 0 Å². The van der Waals surface area contributed by atoms with E-state index < -0.39 is 0 Å². The smallest absolute Gasteiger partial charge is 0.184 e. The van der Waals surface area contributed by atoms with E-state index in [1.165, 1.54) is 30.4 Å². The molecule has 3 rings (SSSR count). The van der Waals surface area contributed by atoms with E-state index >= 15 is 0 Å². The molecule has 19 heavy (non-hydrogen) atoms. The van der Waals surface area contributed by atoms with Gasteiger partial charge in [0.05, 0.1) is 16.8 Å². The van der Waals surface area contributed by atoms with Crippen LogP contribution in [0.4, 0.5) is 5.13 Å². The van der Waals surface area contributed by atoms with E-state index in [0.29, 0.717) is 12.1 Å². The monoisotopic (exact) mass is 276 g/mol. The molecule has 0 radical (unpaired) electrons. The maximum absolute atomic E-state index is 5.54. The summed E-state index contributed by atoms with van der Waals surface area (Å²) in [4.78, 5) is 4.68. The van der Waals surface area contributed by atoms with Crippen LogP contribution in [-0.2, 0) is 0 Å². The van der Waals surface area contributed by atoms with Gasteiger partial charge in [-0.1, -0.05) is 18.3 Å². The van der Waals surface area contributed by atoms with Crippen molar-refractivity contribution in [3.63, 3.8) is 0 Å². The number of hydrogen-bond donors (Lipinski definition) is 1. The molecule has 0 unspecified atom stereocenters. The number of anilines is 1. The van der Waals surface area contributed by atoms with Crippen molar-refractivity contribution in [2.75, 3.05) is 11.9 Å². The zero-order valence-corrected chi connectivity index (χ0v) is 12.3. The number of thiazole rings is 1. The van der Waals surface area contributed by atoms with Gasteiger partial charge in [0.25, 0.3) is 0 Å². The molecule has 4 heteroatoms. The van der Waals surface area contributed by atoms with E-state index in [-0.39, 0.29) is 0 Å². The number of nitrogens with zero attached hydrogens (tertiary/aromatic N) is 1. The lowest BCUT2D eigenvalue weighted by Crippen LogP contribution is -2.44. The van der Waals surface area contributed by atoms with Crippen molar-refractivity contribution in [2.24, 2.45) is 0 Å². The molecule has 1 heterocycles. The maximum atomic E-state index is 5.54. The third kappa shape index (κ3) is 2.41. The summed E-state index contributed by atoms with van der Waals surface area (Å²) in [5, 5.41) is 4.70. The van der Waals surface area contributed by atoms with Crippen LogP contribution in [0.2, 0.25) is 0 Å². The van der Waals surface area contributed by atoms with Gasteiger partial charge in [-0.05, 0) is 50.8 Å². The minimum Gasteiger partial charge on any atom is -0.494 e. The molecule has 3 nitrogen and oxygen atoms in total. The lowest BCUT2D eigenvalue weighted by molar-refractivity contribution is 0.269. The second-order valence-corrected chi connectivity index (χ2v) is 6.22. The van der Waals surface area contributed by atoms with E-state index in [2.05, 4.69) is 23.3 Å². The Hall–Kier alpha value is -1.29. The quantitative estimate of drug-likeness (QED) is 0.876. The van der Waals surface area contributed by atoms with Crippen LogP contribution >= 0.6 is 11.3 Å². The van der Waals surface area contributed by atoms with Gasteiger partial charge >= 0.3 is 0 Å². The van der Waals surface area contributed by atoms with Crippen LogP contribution in [0, 0.1) is 0 Å².